The molecule has 0 amide bonds. The van der Waals surface area contributed by atoms with Crippen LogP contribution in [0, 0.1) is 20.8 Å². The predicted octanol–water partition coefficient (Wildman–Crippen LogP) is 6.80. The molecular formula is C31H26N2O4S. The van der Waals surface area contributed by atoms with Crippen molar-refractivity contribution < 1.29 is 17.9 Å². The van der Waals surface area contributed by atoms with E-state index in [4.69, 9.17) is 4.74 Å². The summed E-state index contributed by atoms with van der Waals surface area (Å²) >= 11 is 0. The van der Waals surface area contributed by atoms with Gasteiger partial charge in [0.25, 0.3) is 10.0 Å². The van der Waals surface area contributed by atoms with Crippen LogP contribution >= 0.6 is 0 Å². The molecule has 6 aromatic rings. The molecule has 190 valence electrons. The van der Waals surface area contributed by atoms with Gasteiger partial charge in [0.15, 0.2) is 0 Å². The molecule has 0 saturated heterocycles. The second-order valence-corrected chi connectivity index (χ2v) is 11.4. The van der Waals surface area contributed by atoms with E-state index >= 15 is 0 Å². The number of carbonyl (C=O) groups is 1. The third-order valence-electron chi connectivity index (χ3n) is 7.15. The molecule has 6 rings (SSSR count). The second kappa shape index (κ2) is 8.89. The van der Waals surface area contributed by atoms with Crippen LogP contribution < -0.4 is 0 Å². The van der Waals surface area contributed by atoms with Gasteiger partial charge in [0.2, 0.25) is 0 Å². The van der Waals surface area contributed by atoms with Gasteiger partial charge in [0.1, 0.15) is 12.3 Å². The molecule has 0 aliphatic heterocycles. The molecule has 0 bridgehead atoms. The van der Waals surface area contributed by atoms with E-state index < -0.39 is 16.0 Å². The van der Waals surface area contributed by atoms with Crippen molar-refractivity contribution in [2.24, 2.45) is 0 Å². The smallest absolute Gasteiger partial charge is 0.355 e. The molecule has 7 heteroatoms. The zero-order valence-electron chi connectivity index (χ0n) is 21.3. The van der Waals surface area contributed by atoms with Crippen molar-refractivity contribution in [1.29, 1.82) is 0 Å². The molecule has 38 heavy (non-hydrogen) atoms. The average Bonchev–Trinajstić information content (AvgIpc) is 3.44. The molecular weight excluding hydrogens is 496 g/mol. The van der Waals surface area contributed by atoms with E-state index in [-0.39, 0.29) is 11.5 Å². The number of para-hydroxylation sites is 1. The van der Waals surface area contributed by atoms with Gasteiger partial charge in [-0.2, -0.15) is 0 Å². The molecule has 4 aromatic carbocycles. The first kappa shape index (κ1) is 24.0. The maximum absolute atomic E-state index is 14.0. The molecule has 2 heterocycles. The normalized spacial score (nSPS) is 12.0. The SMILES string of the molecule is Cc1ccc(S(=O)(=O)n2c3ccccc3c3cc4[nH]c(C(=O)OCc5ccccc5)c(C)c4c(C)c32)cc1. The number of aromatic nitrogens is 2. The molecule has 0 saturated carbocycles. The summed E-state index contributed by atoms with van der Waals surface area (Å²) in [6.07, 6.45) is 0. The van der Waals surface area contributed by atoms with Crippen molar-refractivity contribution in [2.45, 2.75) is 32.3 Å². The Morgan fingerprint density at radius 3 is 2.26 bits per heavy atom. The minimum absolute atomic E-state index is 0.167. The van der Waals surface area contributed by atoms with E-state index in [1.165, 1.54) is 3.97 Å². The molecule has 6 nitrogen and oxygen atoms in total. The predicted molar refractivity (Wildman–Crippen MR) is 150 cm³/mol. The first-order chi connectivity index (χ1) is 18.3. The van der Waals surface area contributed by atoms with Gasteiger partial charge >= 0.3 is 5.97 Å². The van der Waals surface area contributed by atoms with E-state index in [2.05, 4.69) is 4.98 Å². The van der Waals surface area contributed by atoms with Gasteiger partial charge in [-0.1, -0.05) is 66.2 Å². The number of ether oxygens (including phenoxy) is 1. The number of rotatable bonds is 5. The number of aryl methyl sites for hydroxylation is 3. The summed E-state index contributed by atoms with van der Waals surface area (Å²) in [5.41, 5.74) is 5.72. The Bertz CT molecular complexity index is 1970. The number of esters is 1. The van der Waals surface area contributed by atoms with Crippen LogP contribution in [0.3, 0.4) is 0 Å². The van der Waals surface area contributed by atoms with Crippen LogP contribution in [0.5, 0.6) is 0 Å². The lowest BCUT2D eigenvalue weighted by molar-refractivity contribution is 0.0466. The number of benzene rings is 4. The number of nitrogens with zero attached hydrogens (tertiary/aromatic N) is 1. The summed E-state index contributed by atoms with van der Waals surface area (Å²) in [4.78, 5) is 16.5. The Morgan fingerprint density at radius 1 is 0.842 bits per heavy atom. The van der Waals surface area contributed by atoms with E-state index in [0.717, 1.165) is 43.9 Å². The van der Waals surface area contributed by atoms with Crippen molar-refractivity contribution >= 4 is 48.7 Å². The second-order valence-electron chi connectivity index (χ2n) is 9.61. The summed E-state index contributed by atoms with van der Waals surface area (Å²) in [5, 5.41) is 2.43. The van der Waals surface area contributed by atoms with E-state index in [1.807, 2.05) is 81.4 Å². The molecule has 1 N–H and O–H groups in total. The standard InChI is InChI=1S/C31H26N2O4S/c1-19-13-15-23(16-14-19)38(35,36)33-27-12-8-7-11-24(27)25-17-26-28(21(3)30(25)33)20(2)29(32-26)31(34)37-18-22-9-5-4-6-10-22/h4-17,32H,18H2,1-3H3. The van der Waals surface area contributed by atoms with Gasteiger partial charge in [0.05, 0.1) is 15.9 Å². The van der Waals surface area contributed by atoms with Gasteiger partial charge in [-0.25, -0.2) is 17.2 Å². The van der Waals surface area contributed by atoms with Crippen molar-refractivity contribution in [1.82, 2.24) is 8.96 Å². The van der Waals surface area contributed by atoms with Crippen molar-refractivity contribution in [3.8, 4) is 0 Å². The highest BCUT2D eigenvalue weighted by molar-refractivity contribution is 7.90. The Labute approximate surface area is 220 Å². The summed E-state index contributed by atoms with van der Waals surface area (Å²) in [6.45, 7) is 5.86. The van der Waals surface area contributed by atoms with Gasteiger partial charge in [0, 0.05) is 21.7 Å². The Balaban J connectivity index is 1.56. The molecule has 0 atom stereocenters. The third kappa shape index (κ3) is 3.70. The lowest BCUT2D eigenvalue weighted by Crippen LogP contribution is -2.13. The molecule has 2 aromatic heterocycles. The zero-order chi connectivity index (χ0) is 26.6. The topological polar surface area (TPSA) is 81.2 Å². The van der Waals surface area contributed by atoms with Crippen LogP contribution in [0.1, 0.15) is 32.7 Å². The zero-order valence-corrected chi connectivity index (χ0v) is 22.1. The van der Waals surface area contributed by atoms with Crippen LogP contribution in [-0.2, 0) is 21.4 Å². The highest BCUT2D eigenvalue weighted by Crippen LogP contribution is 2.39. The average molecular weight is 523 g/mol. The summed E-state index contributed by atoms with van der Waals surface area (Å²) in [5.74, 6) is -0.452. The monoisotopic (exact) mass is 522 g/mol. The number of hydrogen-bond donors (Lipinski definition) is 1. The van der Waals surface area contributed by atoms with Gasteiger partial charge in [-0.3, -0.25) is 0 Å². The van der Waals surface area contributed by atoms with Gasteiger partial charge in [-0.15, -0.1) is 0 Å². The fraction of sp³-hybridized carbons (Fsp3) is 0.129. The Hall–Kier alpha value is -4.36. The molecule has 0 aliphatic rings. The number of fused-ring (bicyclic) bond motifs is 4. The first-order valence-corrected chi connectivity index (χ1v) is 13.8. The number of aromatic amines is 1. The van der Waals surface area contributed by atoms with Gasteiger partial charge in [-0.05, 0) is 61.7 Å². The van der Waals surface area contributed by atoms with E-state index in [1.54, 1.807) is 24.3 Å². The molecule has 0 unspecified atom stereocenters. The van der Waals surface area contributed by atoms with Crippen molar-refractivity contribution in [3.63, 3.8) is 0 Å². The molecule has 0 fully saturated rings. The lowest BCUT2D eigenvalue weighted by atomic mass is 10.0. The highest BCUT2D eigenvalue weighted by Gasteiger charge is 2.27. The fourth-order valence-electron chi connectivity index (χ4n) is 5.27. The molecule has 0 aliphatic carbocycles. The Kier molecular flexibility index (Phi) is 5.61. The van der Waals surface area contributed by atoms with Crippen LogP contribution in [0.15, 0.2) is 89.8 Å². The number of nitrogens with one attached hydrogen (secondary N) is 1. The van der Waals surface area contributed by atoms with Crippen molar-refractivity contribution in [2.75, 3.05) is 0 Å². The largest absolute Gasteiger partial charge is 0.456 e. The summed E-state index contributed by atoms with van der Waals surface area (Å²) in [7, 11) is -3.90. The number of hydrogen-bond acceptors (Lipinski definition) is 4. The van der Waals surface area contributed by atoms with Crippen molar-refractivity contribution in [3.05, 3.63) is 113 Å². The molecule has 0 spiro atoms. The molecule has 0 radical (unpaired) electrons. The van der Waals surface area contributed by atoms with Crippen LogP contribution in [-0.4, -0.2) is 23.3 Å². The lowest BCUT2D eigenvalue weighted by Gasteiger charge is -2.12. The third-order valence-corrected chi connectivity index (χ3v) is 8.87. The summed E-state index contributed by atoms with van der Waals surface area (Å²) < 4.78 is 35.1. The minimum atomic E-state index is -3.90. The van der Waals surface area contributed by atoms with Crippen LogP contribution in [0.25, 0.3) is 32.7 Å². The summed E-state index contributed by atoms with van der Waals surface area (Å²) in [6, 6.07) is 25.8. The number of carbonyl (C=O) groups excluding carboxylic acids is 1. The minimum Gasteiger partial charge on any atom is -0.456 e. The highest BCUT2D eigenvalue weighted by atomic mass is 32.2. The van der Waals surface area contributed by atoms with Crippen LogP contribution in [0.4, 0.5) is 0 Å². The number of H-pyrrole nitrogens is 1. The van der Waals surface area contributed by atoms with Gasteiger partial charge < -0.3 is 9.72 Å². The van der Waals surface area contributed by atoms with Crippen LogP contribution in [0.2, 0.25) is 0 Å². The first-order valence-electron chi connectivity index (χ1n) is 12.4. The maximum Gasteiger partial charge on any atom is 0.355 e. The maximum atomic E-state index is 14.0. The fourth-order valence-corrected chi connectivity index (χ4v) is 6.86. The Morgan fingerprint density at radius 2 is 1.53 bits per heavy atom. The van der Waals surface area contributed by atoms with E-state index in [9.17, 15) is 13.2 Å². The quantitative estimate of drug-likeness (QED) is 0.253. The van der Waals surface area contributed by atoms with E-state index in [0.29, 0.717) is 16.7 Å².